The third kappa shape index (κ3) is 14.8. The second-order valence-corrected chi connectivity index (χ2v) is 23.5. The zero-order valence-corrected chi connectivity index (χ0v) is 49.9. The summed E-state index contributed by atoms with van der Waals surface area (Å²) in [5.41, 5.74) is 13.9. The van der Waals surface area contributed by atoms with Crippen LogP contribution in [-0.2, 0) is 30.2 Å². The number of fused-ring (bicyclic) bond motifs is 4. The number of H-pyrrole nitrogens is 1. The van der Waals surface area contributed by atoms with E-state index in [1.54, 1.807) is 37.9 Å². The zero-order chi connectivity index (χ0) is 60.4. The quantitative estimate of drug-likeness (QED) is 0.0422. The van der Waals surface area contributed by atoms with Gasteiger partial charge in [-0.15, -0.1) is 0 Å². The van der Waals surface area contributed by atoms with E-state index in [0.717, 1.165) is 62.2 Å². The molecule has 6 N–H and O–H groups in total. The molecule has 0 radical (unpaired) electrons. The van der Waals surface area contributed by atoms with Crippen molar-refractivity contribution < 1.29 is 38.2 Å². The molecule has 0 spiro atoms. The van der Waals surface area contributed by atoms with E-state index in [0.29, 0.717) is 75.7 Å². The summed E-state index contributed by atoms with van der Waals surface area (Å²) < 4.78 is 17.6. The maximum absolute atomic E-state index is 14.2. The fraction of sp³-hybridized carbons (Fsp3) is 0.385. The Balaban J connectivity index is 0.745. The van der Waals surface area contributed by atoms with Crippen molar-refractivity contribution in [2.75, 3.05) is 95.5 Å². The molecule has 86 heavy (non-hydrogen) atoms. The van der Waals surface area contributed by atoms with Crippen LogP contribution in [0.4, 0.5) is 21.1 Å². The first-order valence-corrected chi connectivity index (χ1v) is 29.8. The number of aromatic amines is 1. The first-order valence-electron chi connectivity index (χ1n) is 29.5. The second kappa shape index (κ2) is 27.3. The normalized spacial score (nSPS) is 15.3. The Morgan fingerprint density at radius 1 is 0.837 bits per heavy atom. The number of carbonyl (C=O) groups is 5. The lowest BCUT2D eigenvalue weighted by Gasteiger charge is -2.40. The number of hydrogen-bond acceptors (Lipinski definition) is 14. The van der Waals surface area contributed by atoms with Crippen molar-refractivity contribution in [3.8, 4) is 22.3 Å². The number of nitrogens with two attached hydrogens (primary N) is 1. The van der Waals surface area contributed by atoms with E-state index in [9.17, 15) is 24.0 Å². The molecule has 10 rings (SSSR count). The van der Waals surface area contributed by atoms with Crippen LogP contribution in [0.2, 0.25) is 5.02 Å². The van der Waals surface area contributed by atoms with Gasteiger partial charge in [-0.1, -0.05) is 103 Å². The van der Waals surface area contributed by atoms with E-state index in [2.05, 4.69) is 76.9 Å². The maximum Gasteiger partial charge on any atom is 0.412 e. The molecular weight excluding hydrogens is 1110 g/mol. The predicted molar refractivity (Wildman–Crippen MR) is 331 cm³/mol. The Bertz CT molecular complexity index is 3490. The molecule has 2 fully saturated rings. The number of aryl methyl sites for hydroxylation is 1. The van der Waals surface area contributed by atoms with Crippen molar-refractivity contribution in [2.24, 2.45) is 5.73 Å². The SMILES string of the molecule is CCc1cccc(-c2cnc(C(=O)NCCOCCN(CC(=O)N3CCN(CC[C@H](NC(=O)C4(N)CCN(c5ncnc6[nH]ccc56)CC4)c4ccc(Cl)cc4)CC3)C(=O)OCC3c4ccccc4-c4ccccc43)c(NC(=O)OC(C)(C)C)c2)c1. The van der Waals surface area contributed by atoms with Crippen molar-refractivity contribution in [2.45, 2.75) is 76.5 Å². The minimum atomic E-state index is -1.08. The van der Waals surface area contributed by atoms with Crippen LogP contribution in [0, 0.1) is 0 Å². The van der Waals surface area contributed by atoms with Crippen LogP contribution >= 0.6 is 11.6 Å². The number of carbonyl (C=O) groups excluding carboxylic acids is 5. The van der Waals surface area contributed by atoms with Gasteiger partial charge in [-0.3, -0.25) is 29.5 Å². The van der Waals surface area contributed by atoms with Gasteiger partial charge in [0.15, 0.2) is 5.69 Å². The highest BCUT2D eigenvalue weighted by Gasteiger charge is 2.40. The first kappa shape index (κ1) is 60.7. The number of piperazine rings is 1. The van der Waals surface area contributed by atoms with Gasteiger partial charge < -0.3 is 45.4 Å². The lowest BCUT2D eigenvalue weighted by atomic mass is 9.87. The van der Waals surface area contributed by atoms with E-state index >= 15 is 0 Å². The van der Waals surface area contributed by atoms with E-state index in [-0.39, 0.29) is 74.6 Å². The van der Waals surface area contributed by atoms with Gasteiger partial charge in [-0.25, -0.2) is 24.5 Å². The van der Waals surface area contributed by atoms with E-state index < -0.39 is 29.2 Å². The number of hydrogen-bond donors (Lipinski definition) is 5. The molecule has 21 heteroatoms. The molecule has 2 saturated heterocycles. The van der Waals surface area contributed by atoms with Crippen LogP contribution in [0.5, 0.6) is 0 Å². The molecule has 1 aliphatic carbocycles. The number of ether oxygens (including phenoxy) is 3. The summed E-state index contributed by atoms with van der Waals surface area (Å²) in [6, 6.07) is 34.9. The molecule has 5 heterocycles. The highest BCUT2D eigenvalue weighted by atomic mass is 35.5. The fourth-order valence-corrected chi connectivity index (χ4v) is 11.5. The van der Waals surface area contributed by atoms with Gasteiger partial charge in [-0.2, -0.15) is 0 Å². The second-order valence-electron chi connectivity index (χ2n) is 23.1. The Kier molecular flexibility index (Phi) is 19.3. The van der Waals surface area contributed by atoms with Gasteiger partial charge in [0, 0.05) is 87.8 Å². The molecule has 20 nitrogen and oxygen atoms in total. The minimum Gasteiger partial charge on any atom is -0.448 e. The van der Waals surface area contributed by atoms with Crippen LogP contribution in [-0.4, -0.2) is 161 Å². The molecule has 7 aromatic rings. The molecule has 1 atom stereocenters. The molecule has 3 aromatic heterocycles. The largest absolute Gasteiger partial charge is 0.448 e. The molecular formula is C65H75ClN12O8. The topological polar surface area (TPSA) is 243 Å². The van der Waals surface area contributed by atoms with Crippen LogP contribution in [0.1, 0.15) is 91.7 Å². The highest BCUT2D eigenvalue weighted by molar-refractivity contribution is 6.30. The number of amides is 5. The van der Waals surface area contributed by atoms with Crippen molar-refractivity contribution in [1.82, 2.24) is 45.3 Å². The Morgan fingerprint density at radius 2 is 1.56 bits per heavy atom. The number of nitrogens with zero attached hydrogens (tertiary/aromatic N) is 7. The summed E-state index contributed by atoms with van der Waals surface area (Å²) in [7, 11) is 0. The number of piperidine rings is 1. The predicted octanol–water partition coefficient (Wildman–Crippen LogP) is 8.97. The third-order valence-electron chi connectivity index (χ3n) is 16.1. The summed E-state index contributed by atoms with van der Waals surface area (Å²) >= 11 is 6.32. The van der Waals surface area contributed by atoms with E-state index in [1.807, 2.05) is 85.1 Å². The molecule has 4 aromatic carbocycles. The third-order valence-corrected chi connectivity index (χ3v) is 16.4. The average molecular weight is 1190 g/mol. The summed E-state index contributed by atoms with van der Waals surface area (Å²) in [6.45, 7) is 11.1. The van der Waals surface area contributed by atoms with E-state index in [4.69, 9.17) is 31.5 Å². The van der Waals surface area contributed by atoms with Crippen molar-refractivity contribution in [3.05, 3.63) is 161 Å². The summed E-state index contributed by atoms with van der Waals surface area (Å²) in [4.78, 5) is 93.3. The van der Waals surface area contributed by atoms with Crippen LogP contribution < -0.4 is 26.6 Å². The van der Waals surface area contributed by atoms with Crippen LogP contribution in [0.15, 0.2) is 128 Å². The molecule has 0 unspecified atom stereocenters. The molecule has 5 amide bonds. The monoisotopic (exact) mass is 1190 g/mol. The number of rotatable bonds is 21. The molecule has 3 aliphatic rings. The summed E-state index contributed by atoms with van der Waals surface area (Å²) in [5, 5.41) is 10.4. The van der Waals surface area contributed by atoms with Crippen LogP contribution in [0.25, 0.3) is 33.3 Å². The Morgan fingerprint density at radius 3 is 2.27 bits per heavy atom. The summed E-state index contributed by atoms with van der Waals surface area (Å²) in [6.07, 6.45) is 5.88. The number of pyridine rings is 1. The lowest BCUT2D eigenvalue weighted by molar-refractivity contribution is -0.134. The van der Waals surface area contributed by atoms with Crippen molar-refractivity contribution in [3.63, 3.8) is 0 Å². The number of aromatic nitrogens is 4. The fourth-order valence-electron chi connectivity index (χ4n) is 11.4. The van der Waals surface area contributed by atoms with Gasteiger partial charge in [0.05, 0.1) is 35.9 Å². The number of benzene rings is 4. The summed E-state index contributed by atoms with van der Waals surface area (Å²) in [5.74, 6) is -0.370. The standard InChI is InChI=1S/C65H75ClN12O8/c1-5-43-11-10-12-45(37-43)46-38-55(74-62(82)86-64(2,3)4)57(70-39-46)60(80)69-26-35-84-36-34-78(63(83)85-41-53-50-15-8-6-13-48(50)49-14-7-9-16-51(49)53)40-56(79)76-32-30-75(31-33-76)27-22-54(44-17-19-47(66)20-18-44)73-61(81)65(67)23-28-77(29-24-65)59-52-21-25-68-58(52)71-42-72-59/h6-21,25,37-39,42,53-54H,5,22-24,26-36,40-41,67H2,1-4H3,(H,69,80)(H,73,81)(H,74,82)(H,68,71,72)/t54-/m0/s1. The number of nitrogens with one attached hydrogen (secondary N) is 4. The molecule has 450 valence electrons. The lowest BCUT2D eigenvalue weighted by Crippen LogP contribution is -2.60. The molecule has 2 aliphatic heterocycles. The highest BCUT2D eigenvalue weighted by Crippen LogP contribution is 2.44. The number of halogens is 1. The zero-order valence-electron chi connectivity index (χ0n) is 49.2. The maximum atomic E-state index is 14.2. The van der Waals surface area contributed by atoms with Gasteiger partial charge in [0.25, 0.3) is 5.91 Å². The van der Waals surface area contributed by atoms with Gasteiger partial charge in [0.1, 0.15) is 36.5 Å². The minimum absolute atomic E-state index is 0.00924. The first-order chi connectivity index (χ1) is 41.5. The molecule has 0 saturated carbocycles. The average Bonchev–Trinajstić information content (AvgIpc) is 2.89. The van der Waals surface area contributed by atoms with E-state index in [1.165, 1.54) is 11.2 Å². The van der Waals surface area contributed by atoms with Crippen molar-refractivity contribution in [1.29, 1.82) is 0 Å². The van der Waals surface area contributed by atoms with Crippen LogP contribution in [0.3, 0.4) is 0 Å². The smallest absolute Gasteiger partial charge is 0.412 e. The van der Waals surface area contributed by atoms with Gasteiger partial charge >= 0.3 is 12.2 Å². The van der Waals surface area contributed by atoms with Crippen molar-refractivity contribution >= 4 is 64.0 Å². The Hall–Kier alpha value is -8.43. The van der Waals surface area contributed by atoms with Gasteiger partial charge in [0.2, 0.25) is 11.8 Å². The molecule has 0 bridgehead atoms. The Labute approximate surface area is 506 Å². The van der Waals surface area contributed by atoms with Gasteiger partial charge in [-0.05, 0) is 110 Å². The number of anilines is 2.